The highest BCUT2D eigenvalue weighted by Crippen LogP contribution is 2.27. The Labute approximate surface area is 130 Å². The summed E-state index contributed by atoms with van der Waals surface area (Å²) in [6, 6.07) is 12.3. The number of rotatable bonds is 5. The van der Waals surface area contributed by atoms with E-state index in [0.29, 0.717) is 13.2 Å². The predicted molar refractivity (Wildman–Crippen MR) is 89.3 cm³/mol. The van der Waals surface area contributed by atoms with E-state index in [9.17, 15) is 0 Å². The van der Waals surface area contributed by atoms with E-state index in [1.165, 1.54) is 5.56 Å². The van der Waals surface area contributed by atoms with Gasteiger partial charge in [0.05, 0.1) is 18.0 Å². The highest BCUT2D eigenvalue weighted by atomic mass is 16.5. The number of hydrogen-bond acceptors (Lipinski definition) is 3. The second-order valence-corrected chi connectivity index (χ2v) is 5.34. The molecular weight excluding hydrogens is 274 g/mol. The molecule has 0 aliphatic heterocycles. The standard InChI is InChI=1S/C18H21N3O/c1-3-22-15-6-4-14(5-7-15)18-16(8-10-19)20-17-12-13(2)9-11-21(17)18/h4-7,9,11-12H,3,8,10,19H2,1-2H3. The van der Waals surface area contributed by atoms with Gasteiger partial charge >= 0.3 is 0 Å². The van der Waals surface area contributed by atoms with Crippen molar-refractivity contribution in [2.24, 2.45) is 5.73 Å². The fraction of sp³-hybridized carbons (Fsp3) is 0.278. The van der Waals surface area contributed by atoms with Crippen LogP contribution < -0.4 is 10.5 Å². The number of nitrogens with two attached hydrogens (primary N) is 1. The first kappa shape index (κ1) is 14.6. The number of aromatic nitrogens is 2. The van der Waals surface area contributed by atoms with Crippen LogP contribution in [0.1, 0.15) is 18.2 Å². The molecule has 3 aromatic rings. The summed E-state index contributed by atoms with van der Waals surface area (Å²) < 4.78 is 7.65. The lowest BCUT2D eigenvalue weighted by Crippen LogP contribution is -2.04. The van der Waals surface area contributed by atoms with Gasteiger partial charge in [-0.3, -0.25) is 4.40 Å². The van der Waals surface area contributed by atoms with Crippen molar-refractivity contribution in [1.29, 1.82) is 0 Å². The van der Waals surface area contributed by atoms with Gasteiger partial charge < -0.3 is 10.5 Å². The van der Waals surface area contributed by atoms with Gasteiger partial charge in [0.1, 0.15) is 11.4 Å². The predicted octanol–water partition coefficient (Wildman–Crippen LogP) is 3.21. The highest BCUT2D eigenvalue weighted by Gasteiger charge is 2.13. The molecule has 0 bridgehead atoms. The fourth-order valence-corrected chi connectivity index (χ4v) is 2.69. The lowest BCUT2D eigenvalue weighted by atomic mass is 10.1. The number of pyridine rings is 1. The van der Waals surface area contributed by atoms with Crippen molar-refractivity contribution in [3.63, 3.8) is 0 Å². The summed E-state index contributed by atoms with van der Waals surface area (Å²) in [5, 5.41) is 0. The molecule has 0 unspecified atom stereocenters. The van der Waals surface area contributed by atoms with Gasteiger partial charge in [-0.1, -0.05) is 0 Å². The summed E-state index contributed by atoms with van der Waals surface area (Å²) in [7, 11) is 0. The molecule has 0 amide bonds. The van der Waals surface area contributed by atoms with Crippen LogP contribution in [0.5, 0.6) is 5.75 Å². The minimum Gasteiger partial charge on any atom is -0.494 e. The first-order chi connectivity index (χ1) is 10.7. The van der Waals surface area contributed by atoms with Crippen LogP contribution in [-0.4, -0.2) is 22.5 Å². The van der Waals surface area contributed by atoms with Gasteiger partial charge in [-0.25, -0.2) is 4.98 Å². The molecule has 22 heavy (non-hydrogen) atoms. The first-order valence-electron chi connectivity index (χ1n) is 7.64. The van der Waals surface area contributed by atoms with Crippen molar-refractivity contribution in [1.82, 2.24) is 9.38 Å². The third-order valence-corrected chi connectivity index (χ3v) is 3.67. The summed E-state index contributed by atoms with van der Waals surface area (Å²) in [6.45, 7) is 5.33. The lowest BCUT2D eigenvalue weighted by Gasteiger charge is -2.07. The molecule has 0 spiro atoms. The van der Waals surface area contributed by atoms with Crippen LogP contribution in [0, 0.1) is 6.92 Å². The summed E-state index contributed by atoms with van der Waals surface area (Å²) in [5.74, 6) is 0.885. The lowest BCUT2D eigenvalue weighted by molar-refractivity contribution is 0.340. The van der Waals surface area contributed by atoms with Gasteiger partial charge in [0.2, 0.25) is 0 Å². The Morgan fingerprint density at radius 3 is 2.64 bits per heavy atom. The summed E-state index contributed by atoms with van der Waals surface area (Å²) in [5.41, 5.74) is 11.2. The zero-order chi connectivity index (χ0) is 15.5. The molecule has 0 fully saturated rings. The van der Waals surface area contributed by atoms with E-state index in [-0.39, 0.29) is 0 Å². The third kappa shape index (κ3) is 2.70. The Balaban J connectivity index is 2.12. The topological polar surface area (TPSA) is 52.5 Å². The minimum absolute atomic E-state index is 0.590. The SMILES string of the molecule is CCOc1ccc(-c2c(CCN)nc3cc(C)ccn23)cc1. The second kappa shape index (κ2) is 6.20. The molecule has 2 aromatic heterocycles. The van der Waals surface area contributed by atoms with E-state index in [4.69, 9.17) is 15.5 Å². The highest BCUT2D eigenvalue weighted by molar-refractivity contribution is 5.68. The number of benzene rings is 1. The molecule has 0 radical (unpaired) electrons. The molecule has 3 rings (SSSR count). The maximum absolute atomic E-state index is 5.75. The molecule has 0 saturated heterocycles. The van der Waals surface area contributed by atoms with Gasteiger partial charge in [-0.15, -0.1) is 0 Å². The normalized spacial score (nSPS) is 11.0. The van der Waals surface area contributed by atoms with Gasteiger partial charge in [0, 0.05) is 18.2 Å². The van der Waals surface area contributed by atoms with Crippen LogP contribution in [0.15, 0.2) is 42.6 Å². The van der Waals surface area contributed by atoms with Gasteiger partial charge in [-0.05, 0) is 62.4 Å². The quantitative estimate of drug-likeness (QED) is 0.786. The van der Waals surface area contributed by atoms with Crippen LogP contribution in [0.3, 0.4) is 0 Å². The number of fused-ring (bicyclic) bond motifs is 1. The molecule has 4 nitrogen and oxygen atoms in total. The number of hydrogen-bond donors (Lipinski definition) is 1. The van der Waals surface area contributed by atoms with E-state index in [1.54, 1.807) is 0 Å². The van der Waals surface area contributed by atoms with Gasteiger partial charge in [-0.2, -0.15) is 0 Å². The Bertz CT molecular complexity index is 775. The van der Waals surface area contributed by atoms with E-state index >= 15 is 0 Å². The largest absolute Gasteiger partial charge is 0.494 e. The van der Waals surface area contributed by atoms with Crippen LogP contribution >= 0.6 is 0 Å². The zero-order valence-corrected chi connectivity index (χ0v) is 13.0. The Morgan fingerprint density at radius 1 is 1.18 bits per heavy atom. The molecule has 0 aliphatic rings. The van der Waals surface area contributed by atoms with E-state index in [2.05, 4.69) is 41.8 Å². The monoisotopic (exact) mass is 295 g/mol. The Hall–Kier alpha value is -2.33. The van der Waals surface area contributed by atoms with Crippen molar-refractivity contribution < 1.29 is 4.74 Å². The fourth-order valence-electron chi connectivity index (χ4n) is 2.69. The number of aryl methyl sites for hydroxylation is 1. The second-order valence-electron chi connectivity index (χ2n) is 5.34. The molecule has 114 valence electrons. The van der Waals surface area contributed by atoms with E-state index < -0.39 is 0 Å². The molecule has 2 N–H and O–H groups in total. The maximum Gasteiger partial charge on any atom is 0.137 e. The van der Waals surface area contributed by atoms with Gasteiger partial charge in [0.25, 0.3) is 0 Å². The molecule has 2 heterocycles. The van der Waals surface area contributed by atoms with Crippen LogP contribution in [0.4, 0.5) is 0 Å². The molecule has 0 atom stereocenters. The first-order valence-corrected chi connectivity index (χ1v) is 7.64. The third-order valence-electron chi connectivity index (χ3n) is 3.67. The van der Waals surface area contributed by atoms with E-state index in [0.717, 1.165) is 34.8 Å². The van der Waals surface area contributed by atoms with Crippen LogP contribution in [-0.2, 0) is 6.42 Å². The molecular formula is C18H21N3O. The molecule has 0 saturated carbocycles. The maximum atomic E-state index is 5.75. The Kier molecular flexibility index (Phi) is 4.11. The molecule has 0 aliphatic carbocycles. The van der Waals surface area contributed by atoms with Crippen LogP contribution in [0.2, 0.25) is 0 Å². The van der Waals surface area contributed by atoms with Crippen molar-refractivity contribution in [2.75, 3.05) is 13.2 Å². The minimum atomic E-state index is 0.590. The average Bonchev–Trinajstić information content (AvgIpc) is 2.86. The average molecular weight is 295 g/mol. The zero-order valence-electron chi connectivity index (χ0n) is 13.0. The summed E-state index contributed by atoms with van der Waals surface area (Å²) in [6.07, 6.45) is 2.84. The van der Waals surface area contributed by atoms with Crippen molar-refractivity contribution >= 4 is 5.65 Å². The number of ether oxygens (including phenoxy) is 1. The molecule has 1 aromatic carbocycles. The van der Waals surface area contributed by atoms with Crippen LogP contribution in [0.25, 0.3) is 16.9 Å². The van der Waals surface area contributed by atoms with Crippen molar-refractivity contribution in [3.8, 4) is 17.0 Å². The van der Waals surface area contributed by atoms with Crippen molar-refractivity contribution in [3.05, 3.63) is 53.9 Å². The smallest absolute Gasteiger partial charge is 0.137 e. The van der Waals surface area contributed by atoms with Gasteiger partial charge in [0.15, 0.2) is 0 Å². The van der Waals surface area contributed by atoms with Crippen molar-refractivity contribution in [2.45, 2.75) is 20.3 Å². The van der Waals surface area contributed by atoms with E-state index in [1.807, 2.05) is 19.1 Å². The Morgan fingerprint density at radius 2 is 1.95 bits per heavy atom. The molecule has 4 heteroatoms. The summed E-state index contributed by atoms with van der Waals surface area (Å²) in [4.78, 5) is 4.75. The number of imidazole rings is 1. The summed E-state index contributed by atoms with van der Waals surface area (Å²) >= 11 is 0. The number of nitrogens with zero attached hydrogens (tertiary/aromatic N) is 2.